The molecule has 196 valence electrons. The van der Waals surface area contributed by atoms with Gasteiger partial charge in [-0.1, -0.05) is 42.8 Å². The van der Waals surface area contributed by atoms with E-state index in [1.165, 1.54) is 43.3 Å². The average molecular weight is 558 g/mol. The second-order valence-electron chi connectivity index (χ2n) is 8.56. The molecule has 1 aliphatic rings. The number of hydrogen-bond donors (Lipinski definition) is 1. The van der Waals surface area contributed by atoms with Crippen LogP contribution in [0.3, 0.4) is 0 Å². The number of rotatable bonds is 6. The summed E-state index contributed by atoms with van der Waals surface area (Å²) >= 11 is 5.89. The summed E-state index contributed by atoms with van der Waals surface area (Å²) in [6.07, 6.45) is -5.74. The van der Waals surface area contributed by atoms with E-state index in [0.29, 0.717) is 6.07 Å². The number of aliphatic carboxylic acids is 1. The molecule has 0 bridgehead atoms. The summed E-state index contributed by atoms with van der Waals surface area (Å²) in [5.74, 6) is -2.69. The minimum absolute atomic E-state index is 0.0338. The third kappa shape index (κ3) is 5.37. The van der Waals surface area contributed by atoms with E-state index >= 15 is 0 Å². The van der Waals surface area contributed by atoms with Gasteiger partial charge < -0.3 is 9.84 Å². The number of halogens is 5. The zero-order chi connectivity index (χ0) is 27.1. The van der Waals surface area contributed by atoms with Crippen molar-refractivity contribution in [1.82, 2.24) is 0 Å². The normalized spacial score (nSPS) is 16.6. The molecule has 3 aromatic rings. The fraction of sp³-hybridized carbons (Fsp3) is 0.240. The first-order chi connectivity index (χ1) is 17.3. The Hall–Kier alpha value is -3.31. The number of carboxylic acids is 1. The quantitative estimate of drug-likeness (QED) is 0.363. The molecule has 0 aliphatic carbocycles. The fourth-order valence-electron chi connectivity index (χ4n) is 4.01. The smallest absolute Gasteiger partial charge is 0.416 e. The van der Waals surface area contributed by atoms with E-state index in [4.69, 9.17) is 16.3 Å². The maximum atomic E-state index is 14.7. The summed E-state index contributed by atoms with van der Waals surface area (Å²) < 4.78 is 88.6. The largest absolute Gasteiger partial charge is 0.486 e. The van der Waals surface area contributed by atoms with Gasteiger partial charge in [0.15, 0.2) is 0 Å². The third-order valence-electron chi connectivity index (χ3n) is 5.94. The van der Waals surface area contributed by atoms with Crippen LogP contribution in [0.5, 0.6) is 5.75 Å². The highest BCUT2D eigenvalue weighted by atomic mass is 35.5. The van der Waals surface area contributed by atoms with Gasteiger partial charge >= 0.3 is 12.1 Å². The van der Waals surface area contributed by atoms with Gasteiger partial charge in [-0.05, 0) is 48.4 Å². The predicted octanol–water partition coefficient (Wildman–Crippen LogP) is 6.23. The Morgan fingerprint density at radius 2 is 1.86 bits per heavy atom. The highest BCUT2D eigenvalue weighted by molar-refractivity contribution is 7.92. The van der Waals surface area contributed by atoms with E-state index in [1.54, 1.807) is 0 Å². The summed E-state index contributed by atoms with van der Waals surface area (Å²) in [6.45, 7) is 1.06. The maximum absolute atomic E-state index is 14.7. The van der Waals surface area contributed by atoms with E-state index in [9.17, 15) is 35.9 Å². The van der Waals surface area contributed by atoms with Crippen molar-refractivity contribution in [2.24, 2.45) is 5.92 Å². The Morgan fingerprint density at radius 3 is 2.54 bits per heavy atom. The molecule has 12 heteroatoms. The van der Waals surface area contributed by atoms with E-state index in [0.717, 1.165) is 22.5 Å². The lowest BCUT2D eigenvalue weighted by atomic mass is 10.0. The Kier molecular flexibility index (Phi) is 7.13. The molecule has 0 radical (unpaired) electrons. The monoisotopic (exact) mass is 557 g/mol. The van der Waals surface area contributed by atoms with E-state index in [-0.39, 0.29) is 40.6 Å². The Bertz CT molecular complexity index is 1460. The number of ether oxygens (including phenoxy) is 1. The Labute approximate surface area is 215 Å². The second-order valence-corrected chi connectivity index (χ2v) is 10.8. The fourth-order valence-corrected chi connectivity index (χ4v) is 5.73. The number of anilines is 1. The Morgan fingerprint density at radius 1 is 1.16 bits per heavy atom. The van der Waals surface area contributed by atoms with Crippen molar-refractivity contribution in [3.05, 3.63) is 77.1 Å². The molecule has 2 unspecified atom stereocenters. The number of nitrogens with zero attached hydrogens (tertiary/aromatic N) is 1. The molecule has 0 amide bonds. The lowest BCUT2D eigenvalue weighted by Crippen LogP contribution is -2.44. The van der Waals surface area contributed by atoms with Crippen LogP contribution in [0.1, 0.15) is 18.9 Å². The van der Waals surface area contributed by atoms with Crippen molar-refractivity contribution in [2.75, 3.05) is 10.8 Å². The van der Waals surface area contributed by atoms with Gasteiger partial charge in [0, 0.05) is 5.56 Å². The molecule has 0 fully saturated rings. The maximum Gasteiger partial charge on any atom is 0.416 e. The van der Waals surface area contributed by atoms with Crippen LogP contribution in [0.15, 0.2) is 65.6 Å². The predicted molar refractivity (Wildman–Crippen MR) is 129 cm³/mol. The van der Waals surface area contributed by atoms with Gasteiger partial charge in [0.25, 0.3) is 10.0 Å². The van der Waals surface area contributed by atoms with Crippen LogP contribution in [-0.4, -0.2) is 32.1 Å². The molecule has 0 saturated heterocycles. The number of fused-ring (bicyclic) bond motifs is 1. The average Bonchev–Trinajstić information content (AvgIpc) is 2.84. The molecular formula is C25H20ClF4NO5S. The molecule has 37 heavy (non-hydrogen) atoms. The highest BCUT2D eigenvalue weighted by Gasteiger charge is 2.38. The van der Waals surface area contributed by atoms with Gasteiger partial charge in [-0.2, -0.15) is 13.2 Å². The molecule has 4 rings (SSSR count). The minimum atomic E-state index is -4.77. The third-order valence-corrected chi connectivity index (χ3v) is 8.01. The molecule has 1 heterocycles. The van der Waals surface area contributed by atoms with Crippen molar-refractivity contribution in [3.63, 3.8) is 0 Å². The van der Waals surface area contributed by atoms with Crippen molar-refractivity contribution >= 4 is 33.3 Å². The molecule has 6 nitrogen and oxygen atoms in total. The zero-order valence-corrected chi connectivity index (χ0v) is 20.7. The van der Waals surface area contributed by atoms with Crippen molar-refractivity contribution in [1.29, 1.82) is 0 Å². The first-order valence-corrected chi connectivity index (χ1v) is 12.8. The summed E-state index contributed by atoms with van der Waals surface area (Å²) in [7, 11) is -4.58. The van der Waals surface area contributed by atoms with Crippen LogP contribution in [0, 0.1) is 11.7 Å². The standard InChI is InChI=1S/C25H20ClF4NO5S/c1-14(24(32)33)10-17-13-31(37(34,35)18-5-2-4-16(12-18)25(28,29)30)21-11-15(8-9-22(21)36-17)19-6-3-7-20(26)23(19)27/h2-9,11-12,14,17H,10,13H2,1H3,(H,32,33). The minimum Gasteiger partial charge on any atom is -0.486 e. The number of hydrogen-bond acceptors (Lipinski definition) is 4. The summed E-state index contributed by atoms with van der Waals surface area (Å²) in [4.78, 5) is 10.8. The van der Waals surface area contributed by atoms with Crippen LogP contribution < -0.4 is 9.04 Å². The van der Waals surface area contributed by atoms with Crippen LogP contribution in [-0.2, 0) is 21.0 Å². The molecule has 3 aromatic carbocycles. The molecular weight excluding hydrogens is 538 g/mol. The molecule has 1 aliphatic heterocycles. The topological polar surface area (TPSA) is 83.9 Å². The number of sulfonamides is 1. The van der Waals surface area contributed by atoms with Crippen molar-refractivity contribution in [2.45, 2.75) is 30.5 Å². The van der Waals surface area contributed by atoms with Gasteiger partial charge in [-0.15, -0.1) is 0 Å². The summed E-state index contributed by atoms with van der Waals surface area (Å²) in [6, 6.07) is 11.8. The lowest BCUT2D eigenvalue weighted by Gasteiger charge is -2.36. The van der Waals surface area contributed by atoms with Gasteiger partial charge in [0.2, 0.25) is 0 Å². The second kappa shape index (κ2) is 9.86. The number of carbonyl (C=O) groups is 1. The summed E-state index contributed by atoms with van der Waals surface area (Å²) in [5, 5.41) is 9.14. The SMILES string of the molecule is CC(CC1CN(S(=O)(=O)c2cccc(C(F)(F)F)c2)c2cc(-c3cccc(Cl)c3F)ccc2O1)C(=O)O. The van der Waals surface area contributed by atoms with Gasteiger partial charge in [0.05, 0.1) is 33.6 Å². The van der Waals surface area contributed by atoms with Gasteiger partial charge in [0.1, 0.15) is 17.7 Å². The van der Waals surface area contributed by atoms with Gasteiger partial charge in [-0.3, -0.25) is 9.10 Å². The van der Waals surface area contributed by atoms with E-state index in [1.807, 2.05) is 0 Å². The van der Waals surface area contributed by atoms with Crippen molar-refractivity contribution < 1.29 is 40.6 Å². The molecule has 0 saturated carbocycles. The van der Waals surface area contributed by atoms with Crippen LogP contribution in [0.4, 0.5) is 23.2 Å². The lowest BCUT2D eigenvalue weighted by molar-refractivity contribution is -0.142. The molecule has 2 atom stereocenters. The molecule has 0 aromatic heterocycles. The number of alkyl halides is 3. The van der Waals surface area contributed by atoms with E-state index < -0.39 is 50.5 Å². The molecule has 1 N–H and O–H groups in total. The van der Waals surface area contributed by atoms with Crippen LogP contribution in [0.25, 0.3) is 11.1 Å². The van der Waals surface area contributed by atoms with Crippen molar-refractivity contribution in [3.8, 4) is 16.9 Å². The van der Waals surface area contributed by atoms with Gasteiger partial charge in [-0.25, -0.2) is 12.8 Å². The number of benzene rings is 3. The van der Waals surface area contributed by atoms with Crippen LogP contribution in [0.2, 0.25) is 5.02 Å². The zero-order valence-electron chi connectivity index (χ0n) is 19.2. The number of carboxylic acid groups (broad SMARTS) is 1. The highest BCUT2D eigenvalue weighted by Crippen LogP contribution is 2.42. The first-order valence-electron chi connectivity index (χ1n) is 11.0. The summed E-state index contributed by atoms with van der Waals surface area (Å²) in [5.41, 5.74) is -0.848. The van der Waals surface area contributed by atoms with Crippen LogP contribution >= 0.6 is 11.6 Å². The van der Waals surface area contributed by atoms with E-state index in [2.05, 4.69) is 0 Å². The Balaban J connectivity index is 1.84. The molecule has 0 spiro atoms. The first kappa shape index (κ1) is 26.7.